The second kappa shape index (κ2) is 1.77. The van der Waals surface area contributed by atoms with Crippen LogP contribution in [0.1, 0.15) is 19.3 Å². The average Bonchev–Trinajstić information content (AvgIpc) is 2.63. The van der Waals surface area contributed by atoms with Gasteiger partial charge in [-0.05, 0) is 18.8 Å². The minimum Gasteiger partial charge on any atom is -0.427 e. The van der Waals surface area contributed by atoms with Crippen molar-refractivity contribution in [1.29, 1.82) is 0 Å². The van der Waals surface area contributed by atoms with Crippen LogP contribution < -0.4 is 0 Å². The molecule has 0 bridgehead atoms. The van der Waals surface area contributed by atoms with E-state index in [-0.39, 0.29) is 12.3 Å². The molecule has 2 N–H and O–H groups in total. The van der Waals surface area contributed by atoms with Gasteiger partial charge in [0.25, 0.3) is 5.92 Å². The first kappa shape index (κ1) is 7.49. The minimum absolute atomic E-state index is 0.155. The maximum absolute atomic E-state index is 12.7. The van der Waals surface area contributed by atoms with Gasteiger partial charge in [0.2, 0.25) is 0 Å². The number of rotatable bonds is 2. The molecular weight excluding hydrogens is 153 g/mol. The Bertz CT molecular complexity index is 189. The molecule has 0 aromatic rings. The van der Waals surface area contributed by atoms with Crippen molar-refractivity contribution in [3.63, 3.8) is 0 Å². The van der Waals surface area contributed by atoms with E-state index in [0.29, 0.717) is 12.8 Å². The molecule has 1 unspecified atom stereocenters. The fraction of sp³-hybridized carbons (Fsp3) is 1.00. The van der Waals surface area contributed by atoms with Crippen molar-refractivity contribution in [1.82, 2.24) is 0 Å². The van der Waals surface area contributed by atoms with Crippen molar-refractivity contribution in [2.75, 3.05) is 0 Å². The summed E-state index contributed by atoms with van der Waals surface area (Å²) in [5, 5.41) is 16.1. The van der Waals surface area contributed by atoms with Gasteiger partial charge in [-0.2, -0.15) is 0 Å². The van der Waals surface area contributed by atoms with E-state index in [1.165, 1.54) is 0 Å². The molecule has 11 heavy (non-hydrogen) atoms. The van der Waals surface area contributed by atoms with Crippen molar-refractivity contribution in [3.05, 3.63) is 0 Å². The molecule has 1 atom stereocenters. The van der Waals surface area contributed by atoms with Crippen LogP contribution >= 0.6 is 0 Å². The van der Waals surface area contributed by atoms with Crippen LogP contribution in [0, 0.1) is 5.92 Å². The van der Waals surface area contributed by atoms with Crippen molar-refractivity contribution >= 4 is 7.12 Å². The van der Waals surface area contributed by atoms with E-state index in [1.54, 1.807) is 0 Å². The van der Waals surface area contributed by atoms with Crippen LogP contribution in [0.4, 0.5) is 8.78 Å². The van der Waals surface area contributed by atoms with Crippen LogP contribution in [-0.2, 0) is 0 Å². The molecule has 0 heterocycles. The average molecular weight is 162 g/mol. The smallest absolute Gasteiger partial charge is 0.427 e. The molecule has 0 spiro atoms. The summed E-state index contributed by atoms with van der Waals surface area (Å²) in [6.45, 7) is 0. The standard InChI is InChI=1S/C6H9BF2O2/c8-6(9)3-5(6,7(10)11)4-1-2-4/h4,10-11H,1-3H2. The minimum atomic E-state index is -2.83. The van der Waals surface area contributed by atoms with Gasteiger partial charge in [0.1, 0.15) is 0 Å². The number of alkyl halides is 2. The van der Waals surface area contributed by atoms with Gasteiger partial charge < -0.3 is 10.0 Å². The van der Waals surface area contributed by atoms with E-state index in [9.17, 15) is 8.78 Å². The molecule has 2 rings (SSSR count). The molecule has 62 valence electrons. The highest BCUT2D eigenvalue weighted by Crippen LogP contribution is 2.77. The third kappa shape index (κ3) is 0.781. The summed E-state index contributed by atoms with van der Waals surface area (Å²) in [6, 6.07) is 0. The Morgan fingerprint density at radius 3 is 1.82 bits per heavy atom. The molecule has 0 amide bonds. The summed E-state index contributed by atoms with van der Waals surface area (Å²) in [5.74, 6) is -2.99. The van der Waals surface area contributed by atoms with Crippen LogP contribution in [0.2, 0.25) is 5.31 Å². The van der Waals surface area contributed by atoms with E-state index in [4.69, 9.17) is 10.0 Å². The first-order valence-corrected chi connectivity index (χ1v) is 3.75. The van der Waals surface area contributed by atoms with Gasteiger partial charge in [-0.15, -0.1) is 0 Å². The zero-order valence-corrected chi connectivity index (χ0v) is 5.93. The first-order valence-electron chi connectivity index (χ1n) is 3.75. The highest BCUT2D eigenvalue weighted by molar-refractivity contribution is 6.48. The Hall–Kier alpha value is -0.155. The molecule has 2 nitrogen and oxygen atoms in total. The number of halogens is 2. The van der Waals surface area contributed by atoms with Crippen molar-refractivity contribution in [2.24, 2.45) is 5.92 Å². The quantitative estimate of drug-likeness (QED) is 0.585. The van der Waals surface area contributed by atoms with Gasteiger partial charge in [0.15, 0.2) is 0 Å². The van der Waals surface area contributed by atoms with Gasteiger partial charge in [0, 0.05) is 6.42 Å². The topological polar surface area (TPSA) is 40.5 Å². The van der Waals surface area contributed by atoms with E-state index >= 15 is 0 Å². The summed E-state index contributed by atoms with van der Waals surface area (Å²) in [7, 11) is -1.84. The summed E-state index contributed by atoms with van der Waals surface area (Å²) >= 11 is 0. The normalized spacial score (nSPS) is 40.4. The van der Waals surface area contributed by atoms with Crippen LogP contribution in [0.3, 0.4) is 0 Å². The summed E-state index contributed by atoms with van der Waals surface area (Å²) in [6.07, 6.45) is 1.09. The van der Waals surface area contributed by atoms with Gasteiger partial charge in [-0.3, -0.25) is 0 Å². The third-order valence-corrected chi connectivity index (χ3v) is 2.84. The lowest BCUT2D eigenvalue weighted by Crippen LogP contribution is -2.28. The summed E-state index contributed by atoms with van der Waals surface area (Å²) in [5.41, 5.74) is 0. The van der Waals surface area contributed by atoms with Gasteiger partial charge in [0.05, 0.1) is 5.31 Å². The lowest BCUT2D eigenvalue weighted by atomic mass is 9.65. The molecule has 2 fully saturated rings. The van der Waals surface area contributed by atoms with Crippen LogP contribution in [-0.4, -0.2) is 23.1 Å². The largest absolute Gasteiger partial charge is 0.464 e. The maximum Gasteiger partial charge on any atom is 0.464 e. The van der Waals surface area contributed by atoms with Crippen molar-refractivity contribution < 1.29 is 18.8 Å². The Labute approximate surface area is 63.4 Å². The molecule has 0 aromatic carbocycles. The van der Waals surface area contributed by atoms with Crippen molar-refractivity contribution in [2.45, 2.75) is 30.5 Å². The van der Waals surface area contributed by atoms with Crippen molar-refractivity contribution in [3.8, 4) is 0 Å². The number of hydrogen-bond donors (Lipinski definition) is 2. The molecule has 2 aliphatic carbocycles. The third-order valence-electron chi connectivity index (χ3n) is 2.84. The fourth-order valence-electron chi connectivity index (χ4n) is 1.86. The van der Waals surface area contributed by atoms with E-state index in [1.807, 2.05) is 0 Å². The monoisotopic (exact) mass is 162 g/mol. The van der Waals surface area contributed by atoms with Gasteiger partial charge in [-0.1, -0.05) is 0 Å². The second-order valence-electron chi connectivity index (χ2n) is 3.57. The molecule has 0 aliphatic heterocycles. The van der Waals surface area contributed by atoms with Gasteiger partial charge in [-0.25, -0.2) is 8.78 Å². The van der Waals surface area contributed by atoms with E-state index < -0.39 is 18.4 Å². The predicted octanol–water partition coefficient (Wildman–Crippen LogP) is 0.649. The molecular formula is C6H9BF2O2. The molecule has 5 heteroatoms. The maximum atomic E-state index is 12.7. The predicted molar refractivity (Wildman–Crippen MR) is 35.2 cm³/mol. The van der Waals surface area contributed by atoms with Crippen LogP contribution in [0.5, 0.6) is 0 Å². The zero-order valence-electron chi connectivity index (χ0n) is 5.93. The van der Waals surface area contributed by atoms with Crippen LogP contribution in [0.15, 0.2) is 0 Å². The zero-order chi connectivity index (χ0) is 8.28. The summed E-state index contributed by atoms with van der Waals surface area (Å²) in [4.78, 5) is 0. The molecule has 0 aromatic heterocycles. The van der Waals surface area contributed by atoms with Gasteiger partial charge >= 0.3 is 7.12 Å². The van der Waals surface area contributed by atoms with E-state index in [0.717, 1.165) is 0 Å². The SMILES string of the molecule is OB(O)C1(C2CC2)CC1(F)F. The molecule has 2 aliphatic rings. The lowest BCUT2D eigenvalue weighted by Gasteiger charge is -2.12. The highest BCUT2D eigenvalue weighted by Gasteiger charge is 2.81. The molecule has 0 radical (unpaired) electrons. The lowest BCUT2D eigenvalue weighted by molar-refractivity contribution is 0.0898. The van der Waals surface area contributed by atoms with E-state index in [2.05, 4.69) is 0 Å². The fourth-order valence-corrected chi connectivity index (χ4v) is 1.86. The second-order valence-corrected chi connectivity index (χ2v) is 3.57. The Morgan fingerprint density at radius 1 is 1.27 bits per heavy atom. The van der Waals surface area contributed by atoms with Crippen LogP contribution in [0.25, 0.3) is 0 Å². The highest BCUT2D eigenvalue weighted by atomic mass is 19.3. The molecule has 0 saturated heterocycles. The Morgan fingerprint density at radius 2 is 1.73 bits per heavy atom. The Kier molecular flexibility index (Phi) is 1.21. The molecule has 2 saturated carbocycles. The first-order chi connectivity index (χ1) is 5.01. The summed E-state index contributed by atoms with van der Waals surface area (Å²) < 4.78 is 25.3. The Balaban J connectivity index is 2.18. The number of hydrogen-bond acceptors (Lipinski definition) is 2.